The molecule has 33 heavy (non-hydrogen) atoms. The largest absolute Gasteiger partial charge is 0.478 e. The third-order valence-electron chi connectivity index (χ3n) is 5.67. The molecule has 0 aliphatic heterocycles. The number of carbonyl (C=O) groups excluding carboxylic acids is 1. The standard InChI is InChI=1S/C27H18O4.2ClH/c1-2-14-31-27(30)24-5-3-4-18-20-11-13-23-19(21(20)10-12-22(18)24)9-8-16-6-7-17(26(28)29)15-25(16)23;;/h2-13,15H,1,14H2,(H,28,29);2*1H. The highest BCUT2D eigenvalue weighted by Crippen LogP contribution is 2.35. The highest BCUT2D eigenvalue weighted by molar-refractivity contribution is 6.23. The summed E-state index contributed by atoms with van der Waals surface area (Å²) in [6, 6.07) is 22.9. The molecule has 0 aliphatic rings. The maximum atomic E-state index is 12.5. The predicted octanol–water partition coefficient (Wildman–Crippen LogP) is 7.18. The number of benzene rings is 5. The number of hydrogen-bond donors (Lipinski definition) is 1. The Kier molecular flexibility index (Phi) is 6.92. The number of carbonyl (C=O) groups is 2. The lowest BCUT2D eigenvalue weighted by molar-refractivity contribution is 0.0551. The highest BCUT2D eigenvalue weighted by Gasteiger charge is 2.14. The average Bonchev–Trinajstić information content (AvgIpc) is 2.80. The van der Waals surface area contributed by atoms with Crippen LogP contribution in [0.5, 0.6) is 0 Å². The number of ether oxygens (including phenoxy) is 1. The number of fused-ring (bicyclic) bond motifs is 7. The van der Waals surface area contributed by atoms with E-state index < -0.39 is 5.97 Å². The minimum atomic E-state index is -0.943. The van der Waals surface area contributed by atoms with Gasteiger partial charge in [0.05, 0.1) is 11.1 Å². The van der Waals surface area contributed by atoms with Gasteiger partial charge in [0.25, 0.3) is 0 Å². The van der Waals surface area contributed by atoms with Crippen LogP contribution in [0.2, 0.25) is 0 Å². The first-order valence-corrected chi connectivity index (χ1v) is 9.91. The predicted molar refractivity (Wildman–Crippen MR) is 138 cm³/mol. The Balaban J connectivity index is 0.00000153. The fraction of sp³-hybridized carbons (Fsp3) is 0.0370. The first kappa shape index (κ1) is 24.1. The topological polar surface area (TPSA) is 63.6 Å². The number of halogens is 2. The van der Waals surface area contributed by atoms with E-state index in [1.807, 2.05) is 48.5 Å². The van der Waals surface area contributed by atoms with Crippen LogP contribution < -0.4 is 0 Å². The molecule has 0 bridgehead atoms. The van der Waals surface area contributed by atoms with E-state index >= 15 is 0 Å². The van der Waals surface area contributed by atoms with Crippen LogP contribution in [-0.2, 0) is 4.74 Å². The van der Waals surface area contributed by atoms with Gasteiger partial charge in [0, 0.05) is 0 Å². The van der Waals surface area contributed by atoms with E-state index in [0.29, 0.717) is 5.56 Å². The van der Waals surface area contributed by atoms with Crippen LogP contribution in [0.4, 0.5) is 0 Å². The van der Waals surface area contributed by atoms with Gasteiger partial charge in [-0.2, -0.15) is 0 Å². The lowest BCUT2D eigenvalue weighted by atomic mass is 9.92. The minimum absolute atomic E-state index is 0. The molecule has 5 aromatic rings. The molecule has 166 valence electrons. The zero-order valence-corrected chi connectivity index (χ0v) is 19.0. The van der Waals surface area contributed by atoms with Crippen LogP contribution in [-0.4, -0.2) is 23.7 Å². The molecule has 0 atom stereocenters. The molecule has 4 nitrogen and oxygen atoms in total. The molecule has 0 aliphatic carbocycles. The molecule has 6 heteroatoms. The third kappa shape index (κ3) is 3.99. The maximum Gasteiger partial charge on any atom is 0.339 e. The normalized spacial score (nSPS) is 10.5. The van der Waals surface area contributed by atoms with Gasteiger partial charge < -0.3 is 9.84 Å². The quantitative estimate of drug-likeness (QED) is 0.168. The van der Waals surface area contributed by atoms with Crippen molar-refractivity contribution in [3.8, 4) is 0 Å². The van der Waals surface area contributed by atoms with E-state index in [-0.39, 0.29) is 43.0 Å². The lowest BCUT2D eigenvalue weighted by Crippen LogP contribution is -2.05. The summed E-state index contributed by atoms with van der Waals surface area (Å²) < 4.78 is 5.24. The van der Waals surface area contributed by atoms with E-state index in [1.54, 1.807) is 24.3 Å². The second-order valence-electron chi connectivity index (χ2n) is 7.42. The Morgan fingerprint density at radius 2 is 1.30 bits per heavy atom. The fourth-order valence-corrected chi connectivity index (χ4v) is 4.24. The molecular weight excluding hydrogens is 459 g/mol. The summed E-state index contributed by atoms with van der Waals surface area (Å²) in [6.07, 6.45) is 1.55. The van der Waals surface area contributed by atoms with Gasteiger partial charge in [0.15, 0.2) is 0 Å². The molecule has 0 radical (unpaired) electrons. The Hall–Kier alpha value is -3.60. The van der Waals surface area contributed by atoms with Crippen LogP contribution in [0.15, 0.2) is 85.5 Å². The SMILES string of the molecule is C=CCOC(=O)c1cccc2c1ccc1c2ccc2c3cc(C(=O)O)ccc3ccc21.Cl.Cl. The van der Waals surface area contributed by atoms with E-state index in [4.69, 9.17) is 4.74 Å². The second kappa shape index (κ2) is 9.49. The summed E-state index contributed by atoms with van der Waals surface area (Å²) in [6.45, 7) is 3.75. The fourth-order valence-electron chi connectivity index (χ4n) is 4.24. The number of carboxylic acid groups (broad SMARTS) is 1. The van der Waals surface area contributed by atoms with Crippen LogP contribution >= 0.6 is 24.8 Å². The van der Waals surface area contributed by atoms with Gasteiger partial charge in [-0.3, -0.25) is 0 Å². The highest BCUT2D eigenvalue weighted by atomic mass is 35.5. The van der Waals surface area contributed by atoms with Gasteiger partial charge in [0.1, 0.15) is 6.61 Å². The van der Waals surface area contributed by atoms with Crippen molar-refractivity contribution < 1.29 is 19.4 Å². The first-order valence-electron chi connectivity index (χ1n) is 9.91. The average molecular weight is 479 g/mol. The number of aromatic carboxylic acids is 1. The van der Waals surface area contributed by atoms with Crippen molar-refractivity contribution >= 4 is 79.8 Å². The molecule has 1 N–H and O–H groups in total. The smallest absolute Gasteiger partial charge is 0.339 e. The molecule has 5 aromatic carbocycles. The van der Waals surface area contributed by atoms with E-state index in [9.17, 15) is 14.7 Å². The van der Waals surface area contributed by atoms with Crippen LogP contribution in [0, 0.1) is 0 Å². The third-order valence-corrected chi connectivity index (χ3v) is 5.67. The van der Waals surface area contributed by atoms with E-state index in [0.717, 1.165) is 43.1 Å². The molecule has 0 saturated carbocycles. The van der Waals surface area contributed by atoms with Crippen molar-refractivity contribution in [1.29, 1.82) is 0 Å². The molecule has 0 aromatic heterocycles. The van der Waals surface area contributed by atoms with Crippen LogP contribution in [0.3, 0.4) is 0 Å². The van der Waals surface area contributed by atoms with Gasteiger partial charge in [-0.25, -0.2) is 9.59 Å². The van der Waals surface area contributed by atoms with Gasteiger partial charge >= 0.3 is 11.9 Å². The van der Waals surface area contributed by atoms with Crippen molar-refractivity contribution in [1.82, 2.24) is 0 Å². The molecular formula is C27H20Cl2O4. The Morgan fingerprint density at radius 1 is 0.758 bits per heavy atom. The van der Waals surface area contributed by atoms with Crippen molar-refractivity contribution in [2.75, 3.05) is 6.61 Å². The first-order chi connectivity index (χ1) is 15.1. The summed E-state index contributed by atoms with van der Waals surface area (Å²) >= 11 is 0. The molecule has 0 spiro atoms. The van der Waals surface area contributed by atoms with E-state index in [1.165, 1.54) is 0 Å². The van der Waals surface area contributed by atoms with E-state index in [2.05, 4.69) is 12.6 Å². The zero-order chi connectivity index (χ0) is 21.5. The van der Waals surface area contributed by atoms with Gasteiger partial charge in [0.2, 0.25) is 0 Å². The number of rotatable bonds is 4. The molecule has 0 unspecified atom stereocenters. The molecule has 0 saturated heterocycles. The summed E-state index contributed by atoms with van der Waals surface area (Å²) in [7, 11) is 0. The number of esters is 1. The summed E-state index contributed by atoms with van der Waals surface area (Å²) in [4.78, 5) is 23.9. The van der Waals surface area contributed by atoms with Crippen molar-refractivity contribution in [2.45, 2.75) is 0 Å². The van der Waals surface area contributed by atoms with Crippen molar-refractivity contribution in [2.24, 2.45) is 0 Å². The number of hydrogen-bond acceptors (Lipinski definition) is 3. The zero-order valence-electron chi connectivity index (χ0n) is 17.4. The minimum Gasteiger partial charge on any atom is -0.478 e. The Labute approximate surface area is 202 Å². The molecule has 0 amide bonds. The molecule has 5 rings (SSSR count). The summed E-state index contributed by atoms with van der Waals surface area (Å²) in [5.41, 5.74) is 0.784. The maximum absolute atomic E-state index is 12.5. The van der Waals surface area contributed by atoms with Crippen molar-refractivity contribution in [3.63, 3.8) is 0 Å². The Bertz CT molecular complexity index is 1560. The monoisotopic (exact) mass is 478 g/mol. The van der Waals surface area contributed by atoms with Crippen LogP contribution in [0.1, 0.15) is 20.7 Å². The second-order valence-corrected chi connectivity index (χ2v) is 7.42. The Morgan fingerprint density at radius 3 is 1.94 bits per heavy atom. The number of carboxylic acids is 1. The van der Waals surface area contributed by atoms with Gasteiger partial charge in [-0.05, 0) is 61.3 Å². The van der Waals surface area contributed by atoms with Gasteiger partial charge in [-0.1, -0.05) is 67.3 Å². The summed E-state index contributed by atoms with van der Waals surface area (Å²) in [5.74, 6) is -1.32. The molecule has 0 heterocycles. The summed E-state index contributed by atoms with van der Waals surface area (Å²) in [5, 5.41) is 17.2. The lowest BCUT2D eigenvalue weighted by Gasteiger charge is -2.12. The van der Waals surface area contributed by atoms with Crippen LogP contribution in [0.25, 0.3) is 43.1 Å². The van der Waals surface area contributed by atoms with Gasteiger partial charge in [-0.15, -0.1) is 24.8 Å². The van der Waals surface area contributed by atoms with Crippen molar-refractivity contribution in [3.05, 3.63) is 96.6 Å². The molecule has 0 fully saturated rings.